The van der Waals surface area contributed by atoms with Crippen LogP contribution in [0, 0.1) is 0 Å². The van der Waals surface area contributed by atoms with Gasteiger partial charge in [-0.25, -0.2) is 9.78 Å². The van der Waals surface area contributed by atoms with Gasteiger partial charge < -0.3 is 15.1 Å². The number of nitrogens with zero attached hydrogens (tertiary/aromatic N) is 6. The number of allylic oxidation sites excluding steroid dienone is 4. The number of nitrogens with one attached hydrogen (secondary N) is 1. The van der Waals surface area contributed by atoms with Crippen LogP contribution < -0.4 is 15.1 Å². The number of hydrogen-bond acceptors (Lipinski definition) is 6. The van der Waals surface area contributed by atoms with Crippen LogP contribution in [-0.4, -0.2) is 65.1 Å². The average molecular weight is 542 g/mol. The highest BCUT2D eigenvalue weighted by atomic mass is 16.2. The molecule has 5 rings (SSSR count). The molecule has 2 aliphatic heterocycles. The number of fused-ring (bicyclic) bond motifs is 1. The summed E-state index contributed by atoms with van der Waals surface area (Å²) in [5.74, 6) is 1.25. The van der Waals surface area contributed by atoms with Crippen LogP contribution in [-0.2, 0) is 6.54 Å². The van der Waals surface area contributed by atoms with Gasteiger partial charge in [0.05, 0.1) is 6.54 Å². The van der Waals surface area contributed by atoms with E-state index in [0.29, 0.717) is 12.5 Å². The van der Waals surface area contributed by atoms with Gasteiger partial charge in [0.1, 0.15) is 5.82 Å². The van der Waals surface area contributed by atoms with Crippen LogP contribution in [0.15, 0.2) is 66.0 Å². The summed E-state index contributed by atoms with van der Waals surface area (Å²) in [7, 11) is 2.17. The fourth-order valence-electron chi connectivity index (χ4n) is 6.16. The maximum absolute atomic E-state index is 14.2. The second-order valence-electron chi connectivity index (χ2n) is 11.5. The number of urea groups is 1. The first-order chi connectivity index (χ1) is 19.4. The summed E-state index contributed by atoms with van der Waals surface area (Å²) in [4.78, 5) is 32.5. The zero-order chi connectivity index (χ0) is 28.2. The van der Waals surface area contributed by atoms with E-state index in [1.165, 1.54) is 12.1 Å². The second-order valence-corrected chi connectivity index (χ2v) is 11.5. The van der Waals surface area contributed by atoms with Gasteiger partial charge in [-0.05, 0) is 70.5 Å². The molecule has 3 aliphatic rings. The van der Waals surface area contributed by atoms with Gasteiger partial charge in [-0.15, -0.1) is 0 Å². The number of hydrogen-bond donors (Lipinski definition) is 1. The van der Waals surface area contributed by atoms with Crippen molar-refractivity contribution in [3.8, 4) is 0 Å². The molecule has 1 saturated heterocycles. The third kappa shape index (κ3) is 5.92. The van der Waals surface area contributed by atoms with Crippen molar-refractivity contribution in [1.82, 2.24) is 19.8 Å². The Morgan fingerprint density at radius 1 is 1.02 bits per heavy atom. The number of likely N-dealkylation sites (N-methyl/N-ethyl adjacent to an activating group) is 1. The molecule has 0 spiro atoms. The van der Waals surface area contributed by atoms with Crippen LogP contribution >= 0.6 is 0 Å². The minimum atomic E-state index is -0.00593. The average Bonchev–Trinajstić information content (AvgIpc) is 2.95. The van der Waals surface area contributed by atoms with Crippen LogP contribution in [0.4, 0.5) is 27.9 Å². The van der Waals surface area contributed by atoms with E-state index in [2.05, 4.69) is 71.8 Å². The van der Waals surface area contributed by atoms with Gasteiger partial charge in [0, 0.05) is 61.1 Å². The predicted octanol–water partition coefficient (Wildman–Crippen LogP) is 6.47. The van der Waals surface area contributed by atoms with Crippen molar-refractivity contribution in [3.63, 3.8) is 0 Å². The molecule has 212 valence electrons. The monoisotopic (exact) mass is 541 g/mol. The lowest BCUT2D eigenvalue weighted by atomic mass is 9.93. The lowest BCUT2D eigenvalue weighted by molar-refractivity contribution is 0.206. The van der Waals surface area contributed by atoms with Crippen LogP contribution in [0.2, 0.25) is 0 Å². The number of carbonyl (C=O) groups excluding carboxylic acids is 1. The molecule has 40 heavy (non-hydrogen) atoms. The normalized spacial score (nSPS) is 18.9. The van der Waals surface area contributed by atoms with Crippen LogP contribution in [0.3, 0.4) is 0 Å². The van der Waals surface area contributed by atoms with Gasteiger partial charge in [0.25, 0.3) is 0 Å². The fraction of sp³-hybridized carbons (Fsp3) is 0.469. The van der Waals surface area contributed by atoms with E-state index in [9.17, 15) is 4.79 Å². The molecule has 0 atom stereocenters. The van der Waals surface area contributed by atoms with Crippen molar-refractivity contribution in [3.05, 3.63) is 71.6 Å². The topological polar surface area (TPSA) is 67.8 Å². The molecule has 2 fully saturated rings. The van der Waals surface area contributed by atoms with Crippen molar-refractivity contribution in [2.45, 2.75) is 65.5 Å². The molecule has 2 amide bonds. The van der Waals surface area contributed by atoms with E-state index >= 15 is 0 Å². The molecule has 1 aromatic heterocycles. The highest BCUT2D eigenvalue weighted by Crippen LogP contribution is 2.37. The Kier molecular flexibility index (Phi) is 8.54. The molecule has 0 radical (unpaired) electrons. The van der Waals surface area contributed by atoms with Gasteiger partial charge in [-0.3, -0.25) is 9.80 Å². The summed E-state index contributed by atoms with van der Waals surface area (Å²) in [5.41, 5.74) is 6.19. The Hall–Kier alpha value is -3.65. The third-order valence-corrected chi connectivity index (χ3v) is 8.25. The Morgan fingerprint density at radius 3 is 2.38 bits per heavy atom. The SMILES string of the molecule is C=C/C=C(/C)C(=C(C)C)N1Cc2cnc(Nc3ccc(N4CCN(C)CC4)cc3)nc2N(C2CCCCC2)C1=O. The Balaban J connectivity index is 1.43. The van der Waals surface area contributed by atoms with Crippen molar-refractivity contribution < 1.29 is 4.79 Å². The van der Waals surface area contributed by atoms with Gasteiger partial charge in [-0.2, -0.15) is 4.98 Å². The predicted molar refractivity (Wildman–Crippen MR) is 164 cm³/mol. The van der Waals surface area contributed by atoms with E-state index in [4.69, 9.17) is 4.98 Å². The van der Waals surface area contributed by atoms with Crippen molar-refractivity contribution in [1.29, 1.82) is 0 Å². The minimum Gasteiger partial charge on any atom is -0.369 e. The first kappa shape index (κ1) is 27.9. The van der Waals surface area contributed by atoms with E-state index in [-0.39, 0.29) is 12.1 Å². The molecule has 1 aromatic carbocycles. The molecule has 3 heterocycles. The maximum atomic E-state index is 14.2. The number of rotatable bonds is 7. The summed E-state index contributed by atoms with van der Waals surface area (Å²) >= 11 is 0. The van der Waals surface area contributed by atoms with Crippen molar-refractivity contribution >= 4 is 29.2 Å². The van der Waals surface area contributed by atoms with Crippen molar-refractivity contribution in [2.24, 2.45) is 0 Å². The lowest BCUT2D eigenvalue weighted by Gasteiger charge is -2.42. The maximum Gasteiger partial charge on any atom is 0.330 e. The van der Waals surface area contributed by atoms with Crippen LogP contribution in [0.5, 0.6) is 0 Å². The van der Waals surface area contributed by atoms with Gasteiger partial charge >= 0.3 is 6.03 Å². The Bertz CT molecular complexity index is 1280. The minimum absolute atomic E-state index is 0.00593. The molecule has 0 bridgehead atoms. The lowest BCUT2D eigenvalue weighted by Crippen LogP contribution is -2.52. The van der Waals surface area contributed by atoms with Gasteiger partial charge in [0.15, 0.2) is 0 Å². The largest absolute Gasteiger partial charge is 0.369 e. The van der Waals surface area contributed by atoms with Gasteiger partial charge in [-0.1, -0.05) is 43.6 Å². The number of amides is 2. The van der Waals surface area contributed by atoms with Crippen molar-refractivity contribution in [2.75, 3.05) is 48.3 Å². The molecule has 8 heteroatoms. The number of aromatic nitrogens is 2. The Labute approximate surface area is 239 Å². The summed E-state index contributed by atoms with van der Waals surface area (Å²) in [6, 6.07) is 8.60. The molecule has 1 N–H and O–H groups in total. The summed E-state index contributed by atoms with van der Waals surface area (Å²) in [5, 5.41) is 3.39. The van der Waals surface area contributed by atoms with E-state index in [1.54, 1.807) is 6.08 Å². The van der Waals surface area contributed by atoms with E-state index < -0.39 is 0 Å². The van der Waals surface area contributed by atoms with Gasteiger partial charge in [0.2, 0.25) is 5.95 Å². The molecule has 1 saturated carbocycles. The third-order valence-electron chi connectivity index (χ3n) is 8.25. The first-order valence-corrected chi connectivity index (χ1v) is 14.6. The number of benzene rings is 1. The highest BCUT2D eigenvalue weighted by Gasteiger charge is 2.39. The molecule has 0 unspecified atom stereocenters. The summed E-state index contributed by atoms with van der Waals surface area (Å²) in [6.07, 6.45) is 11.1. The number of piperazine rings is 1. The second kappa shape index (κ2) is 12.3. The Morgan fingerprint density at radius 2 is 1.73 bits per heavy atom. The van der Waals surface area contributed by atoms with E-state index in [0.717, 1.165) is 85.8 Å². The highest BCUT2D eigenvalue weighted by molar-refractivity contribution is 5.96. The first-order valence-electron chi connectivity index (χ1n) is 14.6. The zero-order valence-corrected chi connectivity index (χ0v) is 24.5. The molecular formula is C32H43N7O. The smallest absolute Gasteiger partial charge is 0.330 e. The molecule has 1 aliphatic carbocycles. The standard InChI is InChI=1S/C32H43N7O/c1-6-10-24(4)29(23(2)3)38-22-25-21-33-31(35-30(25)39(32(38)40)28-11-8-7-9-12-28)34-26-13-15-27(16-14-26)37-19-17-36(5)18-20-37/h6,10,13-16,21,28H,1,7-9,11-12,17-20,22H2,2-5H3,(H,33,34,35)/b24-10-. The number of anilines is 4. The molecule has 2 aromatic rings. The molecular weight excluding hydrogens is 498 g/mol. The fourth-order valence-corrected chi connectivity index (χ4v) is 6.16. The number of carbonyl (C=O) groups is 1. The molecule has 8 nitrogen and oxygen atoms in total. The van der Waals surface area contributed by atoms with E-state index in [1.807, 2.05) is 29.0 Å². The summed E-state index contributed by atoms with van der Waals surface area (Å²) in [6.45, 7) is 14.7. The quantitative estimate of drug-likeness (QED) is 0.405. The van der Waals surface area contributed by atoms with Crippen LogP contribution in [0.25, 0.3) is 0 Å². The van der Waals surface area contributed by atoms with Crippen LogP contribution in [0.1, 0.15) is 58.4 Å². The zero-order valence-electron chi connectivity index (χ0n) is 24.5. The summed E-state index contributed by atoms with van der Waals surface area (Å²) < 4.78 is 0.